The molecule has 0 heterocycles. The fourth-order valence-corrected chi connectivity index (χ4v) is 2.14. The summed E-state index contributed by atoms with van der Waals surface area (Å²) < 4.78 is 37.4. The Morgan fingerprint density at radius 2 is 1.61 bits per heavy atom. The predicted octanol–water partition coefficient (Wildman–Crippen LogP) is 3.65. The number of nitrogens with one attached hydrogen (secondary N) is 1. The van der Waals surface area contributed by atoms with Gasteiger partial charge in [-0.1, -0.05) is 38.8 Å². The lowest BCUT2D eigenvalue weighted by molar-refractivity contribution is -0.137. The predicted molar refractivity (Wildman–Crippen MR) is 65.6 cm³/mol. The summed E-state index contributed by atoms with van der Waals surface area (Å²) in [5.41, 5.74) is 2.86. The Hall–Kier alpha value is -1.07. The highest BCUT2D eigenvalue weighted by molar-refractivity contribution is 5.27. The highest BCUT2D eigenvalue weighted by Gasteiger charge is 2.30. The van der Waals surface area contributed by atoms with E-state index in [4.69, 9.17) is 5.84 Å². The van der Waals surface area contributed by atoms with E-state index in [1.54, 1.807) is 0 Å². The van der Waals surface area contributed by atoms with Crippen LogP contribution in [0, 0.1) is 5.92 Å². The van der Waals surface area contributed by atoms with Crippen LogP contribution in [0.3, 0.4) is 0 Å². The number of benzene rings is 1. The minimum Gasteiger partial charge on any atom is -0.271 e. The number of alkyl halides is 3. The molecule has 1 aromatic carbocycles. The van der Waals surface area contributed by atoms with Gasteiger partial charge in [0, 0.05) is 6.04 Å². The molecule has 1 atom stereocenters. The van der Waals surface area contributed by atoms with E-state index >= 15 is 0 Å². The summed E-state index contributed by atoms with van der Waals surface area (Å²) in [5, 5.41) is 0. The zero-order valence-corrected chi connectivity index (χ0v) is 10.6. The Balaban J connectivity index is 2.95. The van der Waals surface area contributed by atoms with Crippen LogP contribution in [0.25, 0.3) is 0 Å². The van der Waals surface area contributed by atoms with Crippen LogP contribution in [0.1, 0.15) is 43.9 Å². The van der Waals surface area contributed by atoms with Gasteiger partial charge in [-0.2, -0.15) is 13.2 Å². The van der Waals surface area contributed by atoms with Gasteiger partial charge >= 0.3 is 6.18 Å². The SMILES string of the molecule is CCC(CC)C(NN)c1ccc(C(F)(F)F)cc1. The quantitative estimate of drug-likeness (QED) is 0.626. The van der Waals surface area contributed by atoms with Gasteiger partial charge in [0.1, 0.15) is 0 Å². The second-order valence-corrected chi connectivity index (χ2v) is 4.34. The van der Waals surface area contributed by atoms with Crippen LogP contribution in [0.2, 0.25) is 0 Å². The Morgan fingerprint density at radius 3 is 1.94 bits per heavy atom. The fourth-order valence-electron chi connectivity index (χ4n) is 2.14. The lowest BCUT2D eigenvalue weighted by Crippen LogP contribution is -2.33. The molecule has 0 radical (unpaired) electrons. The van der Waals surface area contributed by atoms with Crippen molar-refractivity contribution in [2.75, 3.05) is 0 Å². The normalized spacial score (nSPS) is 13.9. The first-order valence-corrected chi connectivity index (χ1v) is 6.07. The third kappa shape index (κ3) is 3.46. The summed E-state index contributed by atoms with van der Waals surface area (Å²) in [6, 6.07) is 5.07. The summed E-state index contributed by atoms with van der Waals surface area (Å²) in [4.78, 5) is 0. The molecule has 5 heteroatoms. The van der Waals surface area contributed by atoms with Gasteiger partial charge in [0.05, 0.1) is 5.56 Å². The first-order valence-electron chi connectivity index (χ1n) is 6.07. The molecule has 0 aliphatic carbocycles. The summed E-state index contributed by atoms with van der Waals surface area (Å²) in [6.07, 6.45) is -2.45. The van der Waals surface area contributed by atoms with Gasteiger partial charge in [-0.15, -0.1) is 0 Å². The highest BCUT2D eigenvalue weighted by Crippen LogP contribution is 2.32. The van der Waals surface area contributed by atoms with Gasteiger partial charge < -0.3 is 0 Å². The zero-order chi connectivity index (χ0) is 13.8. The second kappa shape index (κ2) is 6.20. The highest BCUT2D eigenvalue weighted by atomic mass is 19.4. The fraction of sp³-hybridized carbons (Fsp3) is 0.538. The Morgan fingerprint density at radius 1 is 1.11 bits per heavy atom. The number of hydrogen-bond acceptors (Lipinski definition) is 2. The van der Waals surface area contributed by atoms with Crippen molar-refractivity contribution < 1.29 is 13.2 Å². The van der Waals surface area contributed by atoms with Crippen molar-refractivity contribution >= 4 is 0 Å². The van der Waals surface area contributed by atoms with E-state index in [0.717, 1.165) is 30.5 Å². The number of hydrogen-bond donors (Lipinski definition) is 2. The largest absolute Gasteiger partial charge is 0.416 e. The minimum atomic E-state index is -4.29. The average Bonchev–Trinajstić information content (AvgIpc) is 2.35. The molecule has 0 saturated carbocycles. The van der Waals surface area contributed by atoms with Crippen LogP contribution in [-0.2, 0) is 6.18 Å². The van der Waals surface area contributed by atoms with Crippen LogP contribution in [-0.4, -0.2) is 0 Å². The van der Waals surface area contributed by atoms with E-state index < -0.39 is 11.7 Å². The average molecular weight is 260 g/mol. The second-order valence-electron chi connectivity index (χ2n) is 4.34. The van der Waals surface area contributed by atoms with Crippen LogP contribution in [0.15, 0.2) is 24.3 Å². The molecule has 0 spiro atoms. The first kappa shape index (κ1) is 15.0. The van der Waals surface area contributed by atoms with Gasteiger partial charge in [0.2, 0.25) is 0 Å². The summed E-state index contributed by atoms with van der Waals surface area (Å²) in [6.45, 7) is 4.09. The van der Waals surface area contributed by atoms with Crippen molar-refractivity contribution in [3.05, 3.63) is 35.4 Å². The molecular weight excluding hydrogens is 241 g/mol. The van der Waals surface area contributed by atoms with Crippen molar-refractivity contribution in [1.82, 2.24) is 5.43 Å². The van der Waals surface area contributed by atoms with E-state index in [1.807, 2.05) is 13.8 Å². The van der Waals surface area contributed by atoms with E-state index in [0.29, 0.717) is 5.92 Å². The molecule has 0 fully saturated rings. The molecule has 0 bridgehead atoms. The number of nitrogens with two attached hydrogens (primary N) is 1. The standard InChI is InChI=1S/C13H19F3N2/c1-3-9(4-2)12(18-17)10-5-7-11(8-6-10)13(14,15)16/h5-9,12,18H,3-4,17H2,1-2H3. The zero-order valence-electron chi connectivity index (χ0n) is 10.6. The maximum Gasteiger partial charge on any atom is 0.416 e. The maximum absolute atomic E-state index is 12.5. The molecule has 18 heavy (non-hydrogen) atoms. The Bertz CT molecular complexity index is 355. The van der Waals surface area contributed by atoms with Gasteiger partial charge in [-0.3, -0.25) is 11.3 Å². The van der Waals surface area contributed by atoms with Crippen molar-refractivity contribution in [3.63, 3.8) is 0 Å². The third-order valence-electron chi connectivity index (χ3n) is 3.30. The van der Waals surface area contributed by atoms with Gasteiger partial charge in [0.15, 0.2) is 0 Å². The van der Waals surface area contributed by atoms with E-state index in [2.05, 4.69) is 5.43 Å². The molecule has 0 aromatic heterocycles. The third-order valence-corrected chi connectivity index (χ3v) is 3.30. The Labute approximate surface area is 105 Å². The molecular formula is C13H19F3N2. The molecule has 2 nitrogen and oxygen atoms in total. The van der Waals surface area contributed by atoms with Crippen LogP contribution in [0.4, 0.5) is 13.2 Å². The molecule has 102 valence electrons. The van der Waals surface area contributed by atoms with Crippen LogP contribution >= 0.6 is 0 Å². The van der Waals surface area contributed by atoms with E-state index in [9.17, 15) is 13.2 Å². The summed E-state index contributed by atoms with van der Waals surface area (Å²) in [7, 11) is 0. The van der Waals surface area contributed by atoms with Crippen molar-refractivity contribution in [2.24, 2.45) is 11.8 Å². The molecule has 0 aliphatic rings. The van der Waals surface area contributed by atoms with Gasteiger partial charge in [-0.25, -0.2) is 0 Å². The first-order chi connectivity index (χ1) is 8.43. The topological polar surface area (TPSA) is 38.0 Å². The molecule has 1 unspecified atom stereocenters. The van der Waals surface area contributed by atoms with Gasteiger partial charge in [0.25, 0.3) is 0 Å². The molecule has 0 amide bonds. The van der Waals surface area contributed by atoms with Crippen LogP contribution < -0.4 is 11.3 Å². The lowest BCUT2D eigenvalue weighted by Gasteiger charge is -2.25. The van der Waals surface area contributed by atoms with Crippen molar-refractivity contribution in [2.45, 2.75) is 38.9 Å². The molecule has 1 rings (SSSR count). The summed E-state index contributed by atoms with van der Waals surface area (Å²) in [5.74, 6) is 5.82. The number of rotatable bonds is 5. The smallest absolute Gasteiger partial charge is 0.271 e. The number of halogens is 3. The molecule has 0 saturated heterocycles. The van der Waals surface area contributed by atoms with Crippen molar-refractivity contribution in [3.8, 4) is 0 Å². The van der Waals surface area contributed by atoms with Crippen molar-refractivity contribution in [1.29, 1.82) is 0 Å². The molecule has 0 aliphatic heterocycles. The molecule has 3 N–H and O–H groups in total. The van der Waals surface area contributed by atoms with E-state index in [1.165, 1.54) is 12.1 Å². The van der Waals surface area contributed by atoms with Gasteiger partial charge in [-0.05, 0) is 23.6 Å². The monoisotopic (exact) mass is 260 g/mol. The van der Waals surface area contributed by atoms with E-state index in [-0.39, 0.29) is 6.04 Å². The Kier molecular flexibility index (Phi) is 5.16. The summed E-state index contributed by atoms with van der Waals surface area (Å²) >= 11 is 0. The number of hydrazine groups is 1. The minimum absolute atomic E-state index is 0.109. The molecule has 1 aromatic rings. The lowest BCUT2D eigenvalue weighted by atomic mass is 9.89. The maximum atomic E-state index is 12.5. The van der Waals surface area contributed by atoms with Crippen LogP contribution in [0.5, 0.6) is 0 Å².